The number of amides is 1. The molecule has 1 rings (SSSR count). The van der Waals surface area contributed by atoms with E-state index >= 15 is 0 Å². The quantitative estimate of drug-likeness (QED) is 0.345. The molecule has 20 heavy (non-hydrogen) atoms. The SMILES string of the molecule is Cc1ccc(C(C)(NCCCN=[N+]=[N-])C(N)=O)cc1C. The maximum atomic E-state index is 11.8. The topological polar surface area (TPSA) is 104 Å². The predicted octanol–water partition coefficient (Wildman–Crippen LogP) is 2.29. The summed E-state index contributed by atoms with van der Waals surface area (Å²) in [6, 6.07) is 5.86. The Balaban J connectivity index is 2.87. The number of benzene rings is 1. The molecule has 1 atom stereocenters. The first-order chi connectivity index (χ1) is 9.41. The number of primary amides is 1. The Labute approximate surface area is 119 Å². The first-order valence-electron chi connectivity index (χ1n) is 6.55. The van der Waals surface area contributed by atoms with Crippen LogP contribution in [-0.4, -0.2) is 19.0 Å². The first-order valence-corrected chi connectivity index (χ1v) is 6.55. The number of hydrogen-bond acceptors (Lipinski definition) is 3. The molecule has 1 amide bonds. The van der Waals surface area contributed by atoms with E-state index in [1.165, 1.54) is 5.56 Å². The van der Waals surface area contributed by atoms with E-state index < -0.39 is 11.4 Å². The minimum absolute atomic E-state index is 0.394. The van der Waals surface area contributed by atoms with Crippen molar-refractivity contribution in [2.75, 3.05) is 13.1 Å². The number of hydrogen-bond donors (Lipinski definition) is 2. The van der Waals surface area contributed by atoms with Gasteiger partial charge in [-0.3, -0.25) is 10.1 Å². The Bertz CT molecular complexity index is 536. The van der Waals surface area contributed by atoms with Gasteiger partial charge in [-0.25, -0.2) is 0 Å². The summed E-state index contributed by atoms with van der Waals surface area (Å²) < 4.78 is 0. The fraction of sp³-hybridized carbons (Fsp3) is 0.500. The molecule has 0 bridgehead atoms. The minimum atomic E-state index is -0.922. The highest BCUT2D eigenvalue weighted by Crippen LogP contribution is 2.23. The number of carbonyl (C=O) groups excluding carboxylic acids is 1. The Morgan fingerprint density at radius 1 is 1.45 bits per heavy atom. The van der Waals surface area contributed by atoms with Crippen LogP contribution in [0.25, 0.3) is 10.4 Å². The largest absolute Gasteiger partial charge is 0.368 e. The molecule has 0 saturated carbocycles. The maximum absolute atomic E-state index is 11.8. The van der Waals surface area contributed by atoms with E-state index in [-0.39, 0.29) is 0 Å². The van der Waals surface area contributed by atoms with E-state index in [4.69, 9.17) is 11.3 Å². The average Bonchev–Trinajstić information content (AvgIpc) is 2.41. The van der Waals surface area contributed by atoms with Crippen molar-refractivity contribution in [1.82, 2.24) is 5.32 Å². The van der Waals surface area contributed by atoms with E-state index in [2.05, 4.69) is 15.3 Å². The molecule has 1 unspecified atom stereocenters. The van der Waals surface area contributed by atoms with Crippen molar-refractivity contribution in [3.05, 3.63) is 45.3 Å². The molecule has 3 N–H and O–H groups in total. The molecule has 0 aliphatic rings. The van der Waals surface area contributed by atoms with E-state index in [0.717, 1.165) is 11.1 Å². The molecule has 6 nitrogen and oxygen atoms in total. The van der Waals surface area contributed by atoms with Crippen molar-refractivity contribution < 1.29 is 4.79 Å². The van der Waals surface area contributed by atoms with Gasteiger partial charge in [0.2, 0.25) is 5.91 Å². The molecular formula is C14H21N5O. The zero-order valence-corrected chi connectivity index (χ0v) is 12.2. The molecular weight excluding hydrogens is 254 g/mol. The normalized spacial score (nSPS) is 13.3. The number of aryl methyl sites for hydroxylation is 2. The van der Waals surface area contributed by atoms with Gasteiger partial charge in [-0.05, 0) is 56.0 Å². The second-order valence-electron chi connectivity index (χ2n) is 5.02. The number of azide groups is 1. The van der Waals surface area contributed by atoms with Gasteiger partial charge in [-0.15, -0.1) is 0 Å². The van der Waals surface area contributed by atoms with Crippen molar-refractivity contribution in [3.8, 4) is 0 Å². The summed E-state index contributed by atoms with van der Waals surface area (Å²) in [7, 11) is 0. The van der Waals surface area contributed by atoms with E-state index in [1.807, 2.05) is 32.0 Å². The third-order valence-corrected chi connectivity index (χ3v) is 3.55. The summed E-state index contributed by atoms with van der Waals surface area (Å²) in [5, 5.41) is 6.62. The third kappa shape index (κ3) is 3.73. The molecule has 0 aliphatic heterocycles. The lowest BCUT2D eigenvalue weighted by Crippen LogP contribution is -2.50. The monoisotopic (exact) mass is 275 g/mol. The summed E-state index contributed by atoms with van der Waals surface area (Å²) >= 11 is 0. The molecule has 0 aliphatic carbocycles. The third-order valence-electron chi connectivity index (χ3n) is 3.55. The lowest BCUT2D eigenvalue weighted by Gasteiger charge is -2.28. The van der Waals surface area contributed by atoms with E-state index in [0.29, 0.717) is 19.5 Å². The van der Waals surface area contributed by atoms with Crippen molar-refractivity contribution >= 4 is 5.91 Å². The fourth-order valence-electron chi connectivity index (χ4n) is 1.92. The molecule has 108 valence electrons. The molecule has 0 saturated heterocycles. The summed E-state index contributed by atoms with van der Waals surface area (Å²) in [6.45, 7) is 6.74. The Hall–Kier alpha value is -2.04. The van der Waals surface area contributed by atoms with Gasteiger partial charge < -0.3 is 5.73 Å². The first kappa shape index (κ1) is 16.0. The van der Waals surface area contributed by atoms with Gasteiger partial charge in [0.15, 0.2) is 0 Å². The number of nitrogens with two attached hydrogens (primary N) is 1. The second kappa shape index (κ2) is 6.93. The Kier molecular flexibility index (Phi) is 5.55. The van der Waals surface area contributed by atoms with Crippen molar-refractivity contribution in [1.29, 1.82) is 0 Å². The highest BCUT2D eigenvalue weighted by atomic mass is 16.1. The van der Waals surface area contributed by atoms with Gasteiger partial charge in [-0.2, -0.15) is 0 Å². The summed E-state index contributed by atoms with van der Waals surface area (Å²) in [5.74, 6) is -0.426. The predicted molar refractivity (Wildman–Crippen MR) is 79.1 cm³/mol. The molecule has 0 heterocycles. The van der Waals surface area contributed by atoms with Gasteiger partial charge in [-0.1, -0.05) is 23.3 Å². The molecule has 0 radical (unpaired) electrons. The standard InChI is InChI=1S/C14H21N5O/c1-10-5-6-12(9-11(10)2)14(3,13(15)20)17-7-4-8-18-19-16/h5-6,9,17H,4,7-8H2,1-3H3,(H2,15,20). The van der Waals surface area contributed by atoms with Crippen LogP contribution in [0.3, 0.4) is 0 Å². The lowest BCUT2D eigenvalue weighted by molar-refractivity contribution is -0.124. The molecule has 0 fully saturated rings. The maximum Gasteiger partial charge on any atom is 0.242 e. The van der Waals surface area contributed by atoms with Crippen LogP contribution in [0.1, 0.15) is 30.0 Å². The van der Waals surface area contributed by atoms with Crippen LogP contribution in [-0.2, 0) is 10.3 Å². The number of nitrogens with one attached hydrogen (secondary N) is 1. The van der Waals surface area contributed by atoms with Gasteiger partial charge in [0.05, 0.1) is 0 Å². The number of rotatable bonds is 7. The smallest absolute Gasteiger partial charge is 0.242 e. The summed E-state index contributed by atoms with van der Waals surface area (Å²) in [6.07, 6.45) is 0.651. The zero-order valence-electron chi connectivity index (χ0n) is 12.2. The number of nitrogens with zero attached hydrogens (tertiary/aromatic N) is 3. The van der Waals surface area contributed by atoms with Crippen LogP contribution in [0.4, 0.5) is 0 Å². The van der Waals surface area contributed by atoms with Gasteiger partial charge in [0.25, 0.3) is 0 Å². The van der Waals surface area contributed by atoms with E-state index in [1.54, 1.807) is 6.92 Å². The van der Waals surface area contributed by atoms with Crippen LogP contribution >= 0.6 is 0 Å². The van der Waals surface area contributed by atoms with Crippen LogP contribution in [0.15, 0.2) is 23.3 Å². The Morgan fingerprint density at radius 3 is 2.70 bits per heavy atom. The Morgan fingerprint density at radius 2 is 2.15 bits per heavy atom. The molecule has 6 heteroatoms. The highest BCUT2D eigenvalue weighted by Gasteiger charge is 2.32. The van der Waals surface area contributed by atoms with E-state index in [9.17, 15) is 4.79 Å². The molecule has 1 aromatic carbocycles. The van der Waals surface area contributed by atoms with Crippen LogP contribution in [0.5, 0.6) is 0 Å². The second-order valence-corrected chi connectivity index (χ2v) is 5.02. The van der Waals surface area contributed by atoms with Crippen LogP contribution in [0, 0.1) is 13.8 Å². The zero-order chi connectivity index (χ0) is 15.2. The number of carbonyl (C=O) groups is 1. The fourth-order valence-corrected chi connectivity index (χ4v) is 1.92. The van der Waals surface area contributed by atoms with Gasteiger partial charge in [0, 0.05) is 11.5 Å². The van der Waals surface area contributed by atoms with Crippen LogP contribution in [0.2, 0.25) is 0 Å². The molecule has 1 aromatic rings. The average molecular weight is 275 g/mol. The van der Waals surface area contributed by atoms with Crippen molar-refractivity contribution in [2.24, 2.45) is 10.8 Å². The van der Waals surface area contributed by atoms with Crippen molar-refractivity contribution in [3.63, 3.8) is 0 Å². The van der Waals surface area contributed by atoms with Gasteiger partial charge >= 0.3 is 0 Å². The lowest BCUT2D eigenvalue weighted by atomic mass is 9.89. The summed E-state index contributed by atoms with van der Waals surface area (Å²) in [5.41, 5.74) is 16.0. The molecule has 0 aromatic heterocycles. The van der Waals surface area contributed by atoms with Crippen LogP contribution < -0.4 is 11.1 Å². The molecule has 0 spiro atoms. The highest BCUT2D eigenvalue weighted by molar-refractivity contribution is 5.85. The van der Waals surface area contributed by atoms with Crippen molar-refractivity contribution in [2.45, 2.75) is 32.7 Å². The summed E-state index contributed by atoms with van der Waals surface area (Å²) in [4.78, 5) is 14.5. The van der Waals surface area contributed by atoms with Gasteiger partial charge in [0.1, 0.15) is 5.54 Å². The minimum Gasteiger partial charge on any atom is -0.368 e.